The molecular weight excluding hydrogens is 212 g/mol. The average Bonchev–Trinajstić information content (AvgIpc) is 2.79. The van der Waals surface area contributed by atoms with Crippen molar-refractivity contribution in [3.05, 3.63) is 0 Å². The lowest BCUT2D eigenvalue weighted by molar-refractivity contribution is 0.0384. The van der Waals surface area contributed by atoms with Crippen LogP contribution < -0.4 is 5.32 Å². The van der Waals surface area contributed by atoms with E-state index in [0.717, 1.165) is 19.1 Å². The topological polar surface area (TPSA) is 24.5 Å². The lowest BCUT2D eigenvalue weighted by atomic mass is 9.93. The van der Waals surface area contributed by atoms with E-state index in [0.29, 0.717) is 5.54 Å². The van der Waals surface area contributed by atoms with Gasteiger partial charge < -0.3 is 15.0 Å². The van der Waals surface area contributed by atoms with Gasteiger partial charge in [-0.25, -0.2) is 0 Å². The second-order valence-corrected chi connectivity index (χ2v) is 5.94. The summed E-state index contributed by atoms with van der Waals surface area (Å²) in [5.41, 5.74) is 0.393. The molecule has 2 aliphatic rings. The van der Waals surface area contributed by atoms with Crippen LogP contribution in [0.25, 0.3) is 0 Å². The van der Waals surface area contributed by atoms with Crippen LogP contribution in [0.1, 0.15) is 39.0 Å². The third kappa shape index (κ3) is 3.67. The first-order chi connectivity index (χ1) is 8.24. The van der Waals surface area contributed by atoms with Crippen LogP contribution in [0.15, 0.2) is 0 Å². The zero-order valence-electron chi connectivity index (χ0n) is 11.5. The Kier molecular flexibility index (Phi) is 4.83. The lowest BCUT2D eigenvalue weighted by Crippen LogP contribution is -2.49. The van der Waals surface area contributed by atoms with E-state index in [1.54, 1.807) is 0 Å². The summed E-state index contributed by atoms with van der Waals surface area (Å²) in [6.07, 6.45) is 6.52. The quantitative estimate of drug-likeness (QED) is 0.794. The monoisotopic (exact) mass is 240 g/mol. The zero-order chi connectivity index (χ0) is 12.1. The van der Waals surface area contributed by atoms with E-state index in [1.807, 2.05) is 0 Å². The molecule has 100 valence electrons. The Labute approximate surface area is 106 Å². The van der Waals surface area contributed by atoms with Crippen molar-refractivity contribution in [1.29, 1.82) is 0 Å². The molecule has 0 aromatic carbocycles. The molecular formula is C14H28N2O. The van der Waals surface area contributed by atoms with Gasteiger partial charge in [0.2, 0.25) is 0 Å². The molecule has 1 N–H and O–H groups in total. The molecule has 0 aliphatic carbocycles. The Bertz CT molecular complexity index is 220. The van der Waals surface area contributed by atoms with E-state index < -0.39 is 0 Å². The summed E-state index contributed by atoms with van der Waals surface area (Å²) in [7, 11) is 2.27. The first-order valence-electron chi connectivity index (χ1n) is 7.25. The minimum absolute atomic E-state index is 0.393. The molecule has 2 rings (SSSR count). The van der Waals surface area contributed by atoms with Crippen LogP contribution in [0.3, 0.4) is 0 Å². The summed E-state index contributed by atoms with van der Waals surface area (Å²) in [6.45, 7) is 7.85. The van der Waals surface area contributed by atoms with Crippen LogP contribution >= 0.6 is 0 Å². The largest absolute Gasteiger partial charge is 0.381 e. The minimum Gasteiger partial charge on any atom is -0.381 e. The van der Waals surface area contributed by atoms with Crippen LogP contribution in [0.5, 0.6) is 0 Å². The highest BCUT2D eigenvalue weighted by molar-refractivity contribution is 4.94. The molecule has 2 saturated heterocycles. The summed E-state index contributed by atoms with van der Waals surface area (Å²) < 4.78 is 5.56. The number of nitrogens with zero attached hydrogens (tertiary/aromatic N) is 1. The second kappa shape index (κ2) is 6.17. The van der Waals surface area contributed by atoms with Crippen LogP contribution in [-0.4, -0.2) is 50.3 Å². The fourth-order valence-electron chi connectivity index (χ4n) is 3.39. The van der Waals surface area contributed by atoms with Crippen LogP contribution in [-0.2, 0) is 4.74 Å². The van der Waals surface area contributed by atoms with Crippen LogP contribution in [0.4, 0.5) is 0 Å². The summed E-state index contributed by atoms with van der Waals surface area (Å²) in [4.78, 5) is 2.52. The Balaban J connectivity index is 1.77. The minimum atomic E-state index is 0.393. The third-order valence-corrected chi connectivity index (χ3v) is 4.41. The maximum atomic E-state index is 5.56. The molecule has 0 spiro atoms. The highest BCUT2D eigenvalue weighted by Gasteiger charge is 2.32. The third-order valence-electron chi connectivity index (χ3n) is 4.41. The van der Waals surface area contributed by atoms with Gasteiger partial charge in [0.25, 0.3) is 0 Å². The van der Waals surface area contributed by atoms with Gasteiger partial charge in [0, 0.05) is 25.2 Å². The number of hydrogen-bond donors (Lipinski definition) is 1. The van der Waals surface area contributed by atoms with E-state index in [-0.39, 0.29) is 0 Å². The highest BCUT2D eigenvalue weighted by Crippen LogP contribution is 2.24. The normalized spacial score (nSPS) is 34.4. The fourth-order valence-corrected chi connectivity index (χ4v) is 3.39. The molecule has 3 heteroatoms. The van der Waals surface area contributed by atoms with Crippen molar-refractivity contribution in [2.45, 2.75) is 44.6 Å². The average molecular weight is 240 g/mol. The smallest absolute Gasteiger partial charge is 0.0506 e. The van der Waals surface area contributed by atoms with E-state index >= 15 is 0 Å². The van der Waals surface area contributed by atoms with Gasteiger partial charge in [-0.3, -0.25) is 0 Å². The predicted octanol–water partition coefficient (Wildman–Crippen LogP) is 1.88. The van der Waals surface area contributed by atoms with E-state index in [1.165, 1.54) is 51.7 Å². The standard InChI is InChI=1S/C14H28N2O/c1-3-14(7-5-8-15-14)12-16(2)10-13-6-4-9-17-11-13/h13,15H,3-12H2,1-2H3. The van der Waals surface area contributed by atoms with Crippen molar-refractivity contribution in [2.24, 2.45) is 5.92 Å². The maximum absolute atomic E-state index is 5.56. The number of likely N-dealkylation sites (N-methyl/N-ethyl adjacent to an activating group) is 1. The molecule has 17 heavy (non-hydrogen) atoms. The summed E-state index contributed by atoms with van der Waals surface area (Å²) >= 11 is 0. The molecule has 2 unspecified atom stereocenters. The van der Waals surface area contributed by atoms with Gasteiger partial charge in [-0.15, -0.1) is 0 Å². The van der Waals surface area contributed by atoms with Gasteiger partial charge in [0.1, 0.15) is 0 Å². The van der Waals surface area contributed by atoms with Gasteiger partial charge in [0.05, 0.1) is 6.61 Å². The summed E-state index contributed by atoms with van der Waals surface area (Å²) in [6, 6.07) is 0. The SMILES string of the molecule is CCC1(CN(C)CC2CCCOC2)CCCN1. The molecule has 2 fully saturated rings. The van der Waals surface area contributed by atoms with Crippen molar-refractivity contribution in [2.75, 3.05) is 39.9 Å². The highest BCUT2D eigenvalue weighted by atomic mass is 16.5. The van der Waals surface area contributed by atoms with Gasteiger partial charge in [-0.05, 0) is 51.6 Å². The van der Waals surface area contributed by atoms with E-state index in [4.69, 9.17) is 4.74 Å². The summed E-state index contributed by atoms with van der Waals surface area (Å²) in [5, 5.41) is 3.72. The van der Waals surface area contributed by atoms with Gasteiger partial charge in [-0.1, -0.05) is 6.92 Å². The fraction of sp³-hybridized carbons (Fsp3) is 1.00. The van der Waals surface area contributed by atoms with Gasteiger partial charge in [-0.2, -0.15) is 0 Å². The zero-order valence-corrected chi connectivity index (χ0v) is 11.5. The lowest BCUT2D eigenvalue weighted by Gasteiger charge is -2.35. The molecule has 2 heterocycles. The Morgan fingerprint density at radius 2 is 2.29 bits per heavy atom. The van der Waals surface area contributed by atoms with Crippen molar-refractivity contribution < 1.29 is 4.74 Å². The molecule has 0 bridgehead atoms. The number of nitrogens with one attached hydrogen (secondary N) is 1. The first kappa shape index (κ1) is 13.3. The summed E-state index contributed by atoms with van der Waals surface area (Å²) in [5.74, 6) is 0.754. The Morgan fingerprint density at radius 3 is 2.88 bits per heavy atom. The number of hydrogen-bond acceptors (Lipinski definition) is 3. The molecule has 0 aromatic rings. The van der Waals surface area contributed by atoms with E-state index in [9.17, 15) is 0 Å². The van der Waals surface area contributed by atoms with Gasteiger partial charge >= 0.3 is 0 Å². The first-order valence-corrected chi connectivity index (χ1v) is 7.25. The maximum Gasteiger partial charge on any atom is 0.0506 e. The number of ether oxygens (including phenoxy) is 1. The predicted molar refractivity (Wildman–Crippen MR) is 71.3 cm³/mol. The van der Waals surface area contributed by atoms with Crippen LogP contribution in [0, 0.1) is 5.92 Å². The molecule has 0 saturated carbocycles. The van der Waals surface area contributed by atoms with Crippen molar-refractivity contribution in [1.82, 2.24) is 10.2 Å². The molecule has 2 aliphatic heterocycles. The molecule has 2 atom stereocenters. The molecule has 3 nitrogen and oxygen atoms in total. The molecule has 0 amide bonds. The van der Waals surface area contributed by atoms with Gasteiger partial charge in [0.15, 0.2) is 0 Å². The van der Waals surface area contributed by atoms with E-state index in [2.05, 4.69) is 24.2 Å². The Morgan fingerprint density at radius 1 is 1.41 bits per heavy atom. The number of rotatable bonds is 5. The molecule has 0 aromatic heterocycles. The Hall–Kier alpha value is -0.120. The van der Waals surface area contributed by atoms with Crippen LogP contribution in [0.2, 0.25) is 0 Å². The van der Waals surface area contributed by atoms with Crippen molar-refractivity contribution in [3.63, 3.8) is 0 Å². The van der Waals surface area contributed by atoms with Crippen molar-refractivity contribution in [3.8, 4) is 0 Å². The molecule has 0 radical (unpaired) electrons. The second-order valence-electron chi connectivity index (χ2n) is 5.94. The van der Waals surface area contributed by atoms with Crippen molar-refractivity contribution >= 4 is 0 Å².